The molecule has 0 spiro atoms. The molecule has 1 aromatic carbocycles. The SMILES string of the molecule is O=C1NCCN(Cc2cccc(F)c2)C1CC(=O)N1CCC(O)CC1. The molecule has 2 amide bonds. The zero-order chi connectivity index (χ0) is 17.8. The van der Waals surface area contributed by atoms with Crippen LogP contribution in [0.25, 0.3) is 0 Å². The van der Waals surface area contributed by atoms with E-state index in [0.717, 1.165) is 5.56 Å². The molecule has 2 aliphatic rings. The first kappa shape index (κ1) is 17.8. The molecule has 1 unspecified atom stereocenters. The van der Waals surface area contributed by atoms with Crippen molar-refractivity contribution in [1.82, 2.24) is 15.1 Å². The van der Waals surface area contributed by atoms with Gasteiger partial charge >= 0.3 is 0 Å². The summed E-state index contributed by atoms with van der Waals surface area (Å²) in [6.45, 7) is 2.63. The van der Waals surface area contributed by atoms with E-state index in [-0.39, 0.29) is 30.2 Å². The minimum absolute atomic E-state index is 0.0711. The number of piperidine rings is 1. The minimum atomic E-state index is -0.545. The third-order valence-corrected chi connectivity index (χ3v) is 4.90. The molecule has 3 rings (SSSR count). The predicted molar refractivity (Wildman–Crippen MR) is 90.0 cm³/mol. The van der Waals surface area contributed by atoms with E-state index >= 15 is 0 Å². The highest BCUT2D eigenvalue weighted by molar-refractivity contribution is 5.88. The fourth-order valence-corrected chi connectivity index (χ4v) is 3.45. The molecule has 6 nitrogen and oxygen atoms in total. The monoisotopic (exact) mass is 349 g/mol. The maximum Gasteiger partial charge on any atom is 0.237 e. The average Bonchev–Trinajstić information content (AvgIpc) is 2.58. The maximum absolute atomic E-state index is 13.4. The van der Waals surface area contributed by atoms with Gasteiger partial charge in [-0.25, -0.2) is 4.39 Å². The molecule has 0 saturated carbocycles. The van der Waals surface area contributed by atoms with Gasteiger partial charge in [-0.15, -0.1) is 0 Å². The molecule has 136 valence electrons. The smallest absolute Gasteiger partial charge is 0.237 e. The second kappa shape index (κ2) is 7.93. The summed E-state index contributed by atoms with van der Waals surface area (Å²) in [6, 6.07) is 5.76. The Morgan fingerprint density at radius 2 is 2.04 bits per heavy atom. The highest BCUT2D eigenvalue weighted by Gasteiger charge is 2.33. The lowest BCUT2D eigenvalue weighted by Crippen LogP contribution is -2.56. The number of nitrogens with one attached hydrogen (secondary N) is 1. The van der Waals surface area contributed by atoms with Gasteiger partial charge in [-0.3, -0.25) is 14.5 Å². The Morgan fingerprint density at radius 1 is 1.28 bits per heavy atom. The Hall–Kier alpha value is -1.99. The first-order valence-electron chi connectivity index (χ1n) is 8.75. The van der Waals surface area contributed by atoms with Crippen LogP contribution in [0, 0.1) is 5.82 Å². The van der Waals surface area contributed by atoms with Crippen LogP contribution >= 0.6 is 0 Å². The van der Waals surface area contributed by atoms with Crippen LogP contribution in [0.3, 0.4) is 0 Å². The standard InChI is InChI=1S/C18H24FN3O3/c19-14-3-1-2-13(10-14)12-22-9-6-20-18(25)16(22)11-17(24)21-7-4-15(23)5-8-21/h1-3,10,15-16,23H,4-9,11-12H2,(H,20,25). The summed E-state index contributed by atoms with van der Waals surface area (Å²) in [5.74, 6) is -0.537. The van der Waals surface area contributed by atoms with E-state index in [2.05, 4.69) is 5.32 Å². The quantitative estimate of drug-likeness (QED) is 0.830. The number of rotatable bonds is 4. The lowest BCUT2D eigenvalue weighted by Gasteiger charge is -2.36. The summed E-state index contributed by atoms with van der Waals surface area (Å²) in [5, 5.41) is 12.4. The van der Waals surface area contributed by atoms with Crippen molar-refractivity contribution in [3.63, 3.8) is 0 Å². The average molecular weight is 349 g/mol. The largest absolute Gasteiger partial charge is 0.393 e. The van der Waals surface area contributed by atoms with Gasteiger partial charge in [0.2, 0.25) is 11.8 Å². The Balaban J connectivity index is 1.65. The van der Waals surface area contributed by atoms with Crippen molar-refractivity contribution in [3.8, 4) is 0 Å². The molecule has 2 heterocycles. The molecule has 25 heavy (non-hydrogen) atoms. The number of piperazine rings is 1. The zero-order valence-corrected chi connectivity index (χ0v) is 14.2. The number of amides is 2. The zero-order valence-electron chi connectivity index (χ0n) is 14.2. The molecule has 0 aliphatic carbocycles. The topological polar surface area (TPSA) is 72.9 Å². The number of nitrogens with zero attached hydrogens (tertiary/aromatic N) is 2. The predicted octanol–water partition coefficient (Wildman–Crippen LogP) is 0.499. The lowest BCUT2D eigenvalue weighted by atomic mass is 10.0. The van der Waals surface area contributed by atoms with E-state index in [1.807, 2.05) is 11.0 Å². The van der Waals surface area contributed by atoms with Crippen LogP contribution in [-0.4, -0.2) is 65.0 Å². The van der Waals surface area contributed by atoms with Crippen molar-refractivity contribution in [1.29, 1.82) is 0 Å². The van der Waals surface area contributed by atoms with Gasteiger partial charge < -0.3 is 15.3 Å². The fourth-order valence-electron chi connectivity index (χ4n) is 3.45. The number of aliphatic hydroxyl groups excluding tert-OH is 1. The van der Waals surface area contributed by atoms with Gasteiger partial charge in [-0.05, 0) is 30.5 Å². The molecule has 0 bridgehead atoms. The fraction of sp³-hybridized carbons (Fsp3) is 0.556. The van der Waals surface area contributed by atoms with E-state index in [1.54, 1.807) is 11.0 Å². The van der Waals surface area contributed by atoms with Crippen LogP contribution in [0.2, 0.25) is 0 Å². The van der Waals surface area contributed by atoms with Crippen LogP contribution in [0.4, 0.5) is 4.39 Å². The Bertz CT molecular complexity index is 632. The minimum Gasteiger partial charge on any atom is -0.393 e. The Labute approximate surface area is 146 Å². The molecular formula is C18H24FN3O3. The number of likely N-dealkylation sites (tertiary alicyclic amines) is 1. The summed E-state index contributed by atoms with van der Waals surface area (Å²) in [7, 11) is 0. The number of carbonyl (C=O) groups excluding carboxylic acids is 2. The third kappa shape index (κ3) is 4.55. The van der Waals surface area contributed by atoms with Crippen LogP contribution < -0.4 is 5.32 Å². The van der Waals surface area contributed by atoms with E-state index in [4.69, 9.17) is 0 Å². The Kier molecular flexibility index (Phi) is 5.65. The van der Waals surface area contributed by atoms with Crippen molar-refractivity contribution in [2.75, 3.05) is 26.2 Å². The summed E-state index contributed by atoms with van der Waals surface area (Å²) in [5.41, 5.74) is 0.785. The molecule has 7 heteroatoms. The molecule has 2 N–H and O–H groups in total. The van der Waals surface area contributed by atoms with Gasteiger partial charge in [-0.2, -0.15) is 0 Å². The van der Waals surface area contributed by atoms with Crippen LogP contribution in [0.15, 0.2) is 24.3 Å². The van der Waals surface area contributed by atoms with Crippen molar-refractivity contribution in [3.05, 3.63) is 35.6 Å². The van der Waals surface area contributed by atoms with E-state index in [9.17, 15) is 19.1 Å². The first-order valence-corrected chi connectivity index (χ1v) is 8.75. The van der Waals surface area contributed by atoms with Crippen LogP contribution in [0.5, 0.6) is 0 Å². The Morgan fingerprint density at radius 3 is 2.76 bits per heavy atom. The molecule has 1 aromatic rings. The number of halogens is 1. The molecule has 1 atom stereocenters. The van der Waals surface area contributed by atoms with Gasteiger partial charge in [0.05, 0.1) is 18.6 Å². The second-order valence-corrected chi connectivity index (χ2v) is 6.72. The van der Waals surface area contributed by atoms with Crippen molar-refractivity contribution < 1.29 is 19.1 Å². The summed E-state index contributed by atoms with van der Waals surface area (Å²) < 4.78 is 13.4. The van der Waals surface area contributed by atoms with Gasteiger partial charge in [0.15, 0.2) is 0 Å². The molecular weight excluding hydrogens is 325 g/mol. The molecule has 2 aliphatic heterocycles. The summed E-state index contributed by atoms with van der Waals surface area (Å²) in [4.78, 5) is 28.5. The van der Waals surface area contributed by atoms with Gasteiger partial charge in [-0.1, -0.05) is 12.1 Å². The molecule has 2 fully saturated rings. The summed E-state index contributed by atoms with van der Waals surface area (Å²) in [6.07, 6.45) is 0.925. The van der Waals surface area contributed by atoms with Crippen molar-refractivity contribution >= 4 is 11.8 Å². The van der Waals surface area contributed by atoms with E-state index in [1.165, 1.54) is 12.1 Å². The second-order valence-electron chi connectivity index (χ2n) is 6.72. The molecule has 2 saturated heterocycles. The number of carbonyl (C=O) groups is 2. The van der Waals surface area contributed by atoms with Gasteiger partial charge in [0.1, 0.15) is 5.82 Å². The third-order valence-electron chi connectivity index (χ3n) is 4.90. The molecule has 0 radical (unpaired) electrons. The number of benzene rings is 1. The van der Waals surface area contributed by atoms with Crippen LogP contribution in [-0.2, 0) is 16.1 Å². The van der Waals surface area contributed by atoms with Gasteiger partial charge in [0, 0.05) is 32.7 Å². The maximum atomic E-state index is 13.4. The first-order chi connectivity index (χ1) is 12.0. The van der Waals surface area contributed by atoms with Crippen molar-refractivity contribution in [2.24, 2.45) is 0 Å². The van der Waals surface area contributed by atoms with Crippen LogP contribution in [0.1, 0.15) is 24.8 Å². The number of hydrogen-bond donors (Lipinski definition) is 2. The highest BCUT2D eigenvalue weighted by Crippen LogP contribution is 2.18. The number of aliphatic hydroxyl groups is 1. The van der Waals surface area contributed by atoms with E-state index in [0.29, 0.717) is 45.6 Å². The van der Waals surface area contributed by atoms with Crippen molar-refractivity contribution in [2.45, 2.75) is 38.0 Å². The summed E-state index contributed by atoms with van der Waals surface area (Å²) >= 11 is 0. The molecule has 0 aromatic heterocycles. The van der Waals surface area contributed by atoms with E-state index < -0.39 is 6.04 Å². The highest BCUT2D eigenvalue weighted by atomic mass is 19.1. The number of hydrogen-bond acceptors (Lipinski definition) is 4. The van der Waals surface area contributed by atoms with Gasteiger partial charge in [0.25, 0.3) is 0 Å². The lowest BCUT2D eigenvalue weighted by molar-refractivity contribution is -0.140. The normalized spacial score (nSPS) is 22.7.